The van der Waals surface area contributed by atoms with E-state index < -0.39 is 0 Å². The number of amides is 1. The zero-order valence-corrected chi connectivity index (χ0v) is 16.8. The Kier molecular flexibility index (Phi) is 6.40. The lowest BCUT2D eigenvalue weighted by Crippen LogP contribution is -2.17. The van der Waals surface area contributed by atoms with Crippen LogP contribution in [0, 0.1) is 0 Å². The Bertz CT molecular complexity index is 994. The monoisotopic (exact) mass is 399 g/mol. The fourth-order valence-electron chi connectivity index (χ4n) is 3.43. The van der Waals surface area contributed by atoms with Gasteiger partial charge in [-0.1, -0.05) is 24.3 Å². The Labute approximate surface area is 177 Å². The second-order valence-corrected chi connectivity index (χ2v) is 7.25. The molecule has 1 aromatic heterocycles. The van der Waals surface area contributed by atoms with E-state index in [-0.39, 0.29) is 5.91 Å². The molecule has 152 valence electrons. The molecule has 4 rings (SSSR count). The maximum atomic E-state index is 12.3. The minimum atomic E-state index is -0.149. The summed E-state index contributed by atoms with van der Waals surface area (Å²) in [5.41, 5.74) is 3.79. The van der Waals surface area contributed by atoms with Gasteiger partial charge in [-0.05, 0) is 66.9 Å². The number of carbonyl (C=O) groups is 1. The van der Waals surface area contributed by atoms with Crippen molar-refractivity contribution >= 4 is 23.4 Å². The fraction of sp³-hybridized carbons (Fsp3) is 0.200. The highest BCUT2D eigenvalue weighted by Crippen LogP contribution is 2.23. The van der Waals surface area contributed by atoms with Gasteiger partial charge in [-0.25, -0.2) is 0 Å². The van der Waals surface area contributed by atoms with Crippen molar-refractivity contribution in [1.82, 2.24) is 4.98 Å². The van der Waals surface area contributed by atoms with Crippen molar-refractivity contribution < 1.29 is 9.53 Å². The van der Waals surface area contributed by atoms with Gasteiger partial charge in [0, 0.05) is 36.7 Å². The van der Waals surface area contributed by atoms with Crippen molar-refractivity contribution in [2.45, 2.75) is 19.4 Å². The van der Waals surface area contributed by atoms with Crippen LogP contribution in [0.1, 0.15) is 24.1 Å². The van der Waals surface area contributed by atoms with E-state index in [4.69, 9.17) is 4.74 Å². The highest BCUT2D eigenvalue weighted by molar-refractivity contribution is 6.02. The van der Waals surface area contributed by atoms with Gasteiger partial charge in [0.05, 0.1) is 5.69 Å². The van der Waals surface area contributed by atoms with Gasteiger partial charge in [0.15, 0.2) is 0 Å². The number of benzene rings is 2. The van der Waals surface area contributed by atoms with E-state index >= 15 is 0 Å². The number of pyridine rings is 1. The number of anilines is 2. The van der Waals surface area contributed by atoms with Crippen LogP contribution in [-0.2, 0) is 11.4 Å². The van der Waals surface area contributed by atoms with Crippen molar-refractivity contribution in [2.24, 2.45) is 0 Å². The van der Waals surface area contributed by atoms with Crippen LogP contribution in [0.4, 0.5) is 11.4 Å². The number of carbonyl (C=O) groups excluding carboxylic acids is 1. The zero-order valence-electron chi connectivity index (χ0n) is 16.8. The van der Waals surface area contributed by atoms with Crippen LogP contribution in [0.2, 0.25) is 0 Å². The van der Waals surface area contributed by atoms with Crippen LogP contribution in [0.15, 0.2) is 79.0 Å². The summed E-state index contributed by atoms with van der Waals surface area (Å²) in [4.78, 5) is 18.9. The third kappa shape index (κ3) is 5.47. The second-order valence-electron chi connectivity index (χ2n) is 7.25. The largest absolute Gasteiger partial charge is 0.487 e. The van der Waals surface area contributed by atoms with Gasteiger partial charge >= 0.3 is 0 Å². The first-order chi connectivity index (χ1) is 14.8. The first-order valence-electron chi connectivity index (χ1n) is 10.2. The van der Waals surface area contributed by atoms with Gasteiger partial charge in [0.1, 0.15) is 12.4 Å². The van der Waals surface area contributed by atoms with Crippen LogP contribution in [0.25, 0.3) is 6.08 Å². The average molecular weight is 399 g/mol. The SMILES string of the molecule is O=C(/C=C/c1ccc(OCc2ccccn2)cc1)Nc1cccc(N2CCCC2)c1. The number of nitrogens with one attached hydrogen (secondary N) is 1. The molecule has 0 aliphatic carbocycles. The van der Waals surface area contributed by atoms with E-state index in [0.29, 0.717) is 6.61 Å². The molecule has 3 aromatic rings. The summed E-state index contributed by atoms with van der Waals surface area (Å²) in [6, 6.07) is 21.4. The Morgan fingerprint density at radius 3 is 2.63 bits per heavy atom. The summed E-state index contributed by atoms with van der Waals surface area (Å²) in [7, 11) is 0. The van der Waals surface area contributed by atoms with E-state index in [0.717, 1.165) is 41.5 Å². The molecule has 1 aliphatic heterocycles. The molecule has 0 unspecified atom stereocenters. The van der Waals surface area contributed by atoms with E-state index in [1.165, 1.54) is 12.8 Å². The van der Waals surface area contributed by atoms with Crippen LogP contribution >= 0.6 is 0 Å². The lowest BCUT2D eigenvalue weighted by atomic mass is 10.2. The zero-order chi connectivity index (χ0) is 20.6. The third-order valence-electron chi connectivity index (χ3n) is 5.01. The van der Waals surface area contributed by atoms with Gasteiger partial charge in [0.2, 0.25) is 5.91 Å². The molecular weight excluding hydrogens is 374 g/mol. The Morgan fingerprint density at radius 2 is 1.87 bits per heavy atom. The highest BCUT2D eigenvalue weighted by Gasteiger charge is 2.12. The van der Waals surface area contributed by atoms with Gasteiger partial charge in [-0.2, -0.15) is 0 Å². The molecule has 30 heavy (non-hydrogen) atoms. The number of ether oxygens (including phenoxy) is 1. The predicted molar refractivity (Wildman–Crippen MR) is 121 cm³/mol. The molecule has 1 aliphatic rings. The standard InChI is InChI=1S/C25H25N3O2/c29-25(27-21-7-5-8-23(18-21)28-16-3-4-17-28)14-11-20-9-12-24(13-10-20)30-19-22-6-1-2-15-26-22/h1-2,5-15,18H,3-4,16-17,19H2,(H,27,29)/b14-11+. The Morgan fingerprint density at radius 1 is 1.03 bits per heavy atom. The first-order valence-corrected chi connectivity index (χ1v) is 10.2. The Hall–Kier alpha value is -3.60. The molecule has 0 radical (unpaired) electrons. The third-order valence-corrected chi connectivity index (χ3v) is 5.01. The van der Waals surface area contributed by atoms with Gasteiger partial charge < -0.3 is 15.0 Å². The number of hydrogen-bond donors (Lipinski definition) is 1. The molecule has 0 spiro atoms. The smallest absolute Gasteiger partial charge is 0.248 e. The molecule has 2 heterocycles. The van der Waals surface area contributed by atoms with Crippen molar-refractivity contribution in [1.29, 1.82) is 0 Å². The summed E-state index contributed by atoms with van der Waals surface area (Å²) < 4.78 is 5.74. The maximum absolute atomic E-state index is 12.3. The van der Waals surface area contributed by atoms with Crippen molar-refractivity contribution in [3.8, 4) is 5.75 Å². The van der Waals surface area contributed by atoms with Crippen molar-refractivity contribution in [3.05, 3.63) is 90.3 Å². The number of aromatic nitrogens is 1. The molecule has 1 saturated heterocycles. The second kappa shape index (κ2) is 9.74. The topological polar surface area (TPSA) is 54.5 Å². The predicted octanol–water partition coefficient (Wildman–Crippen LogP) is 4.91. The summed E-state index contributed by atoms with van der Waals surface area (Å²) in [5, 5.41) is 2.94. The lowest BCUT2D eigenvalue weighted by Gasteiger charge is -2.18. The van der Waals surface area contributed by atoms with E-state index in [1.54, 1.807) is 18.3 Å². The maximum Gasteiger partial charge on any atom is 0.248 e. The quantitative estimate of drug-likeness (QED) is 0.574. The minimum absolute atomic E-state index is 0.149. The molecule has 1 amide bonds. The van der Waals surface area contributed by atoms with Crippen LogP contribution in [-0.4, -0.2) is 24.0 Å². The summed E-state index contributed by atoms with van der Waals surface area (Å²) in [5.74, 6) is 0.616. The molecule has 0 atom stereocenters. The van der Waals surface area contributed by atoms with Crippen molar-refractivity contribution in [2.75, 3.05) is 23.3 Å². The van der Waals surface area contributed by atoms with Crippen LogP contribution < -0.4 is 15.0 Å². The fourth-order valence-corrected chi connectivity index (χ4v) is 3.43. The average Bonchev–Trinajstić information content (AvgIpc) is 3.33. The lowest BCUT2D eigenvalue weighted by molar-refractivity contribution is -0.111. The van der Waals surface area contributed by atoms with Crippen molar-refractivity contribution in [3.63, 3.8) is 0 Å². The van der Waals surface area contributed by atoms with E-state index in [1.807, 2.05) is 60.7 Å². The van der Waals surface area contributed by atoms with Gasteiger partial charge in [-0.15, -0.1) is 0 Å². The van der Waals surface area contributed by atoms with E-state index in [9.17, 15) is 4.79 Å². The first kappa shape index (κ1) is 19.7. The number of nitrogens with zero attached hydrogens (tertiary/aromatic N) is 2. The number of hydrogen-bond acceptors (Lipinski definition) is 4. The summed E-state index contributed by atoms with van der Waals surface area (Å²) >= 11 is 0. The molecular formula is C25H25N3O2. The molecule has 1 fully saturated rings. The van der Waals surface area contributed by atoms with Crippen LogP contribution in [0.5, 0.6) is 5.75 Å². The normalized spacial score (nSPS) is 13.5. The van der Waals surface area contributed by atoms with Gasteiger partial charge in [-0.3, -0.25) is 9.78 Å². The van der Waals surface area contributed by atoms with Crippen LogP contribution in [0.3, 0.4) is 0 Å². The summed E-state index contributed by atoms with van der Waals surface area (Å²) in [6.07, 6.45) is 7.55. The molecule has 0 bridgehead atoms. The molecule has 5 heteroatoms. The Balaban J connectivity index is 1.30. The van der Waals surface area contributed by atoms with E-state index in [2.05, 4.69) is 21.3 Å². The number of rotatable bonds is 7. The minimum Gasteiger partial charge on any atom is -0.487 e. The highest BCUT2D eigenvalue weighted by atomic mass is 16.5. The molecule has 1 N–H and O–H groups in total. The van der Waals surface area contributed by atoms with Gasteiger partial charge in [0.25, 0.3) is 0 Å². The molecule has 2 aromatic carbocycles. The molecule has 0 saturated carbocycles. The summed E-state index contributed by atoms with van der Waals surface area (Å²) in [6.45, 7) is 2.59. The molecule has 5 nitrogen and oxygen atoms in total.